The number of rotatable bonds is 15. The lowest BCUT2D eigenvalue weighted by Crippen LogP contribution is -2.45. The number of allylic oxidation sites excluding steroid dienone is 4. The summed E-state index contributed by atoms with van der Waals surface area (Å²) in [5.41, 5.74) is 0. The highest BCUT2D eigenvalue weighted by Gasteiger charge is 2.22. The molecule has 26 heavy (non-hydrogen) atoms. The number of unbranched alkanes of at least 4 members (excludes halogenated alkanes) is 4. The third-order valence-corrected chi connectivity index (χ3v) is 3.78. The zero-order valence-corrected chi connectivity index (χ0v) is 17.0. The van der Waals surface area contributed by atoms with Gasteiger partial charge >= 0.3 is 5.97 Å². The number of likely N-dealkylation sites (N-methyl/N-ethyl adjacent to an activating group) is 1. The molecule has 0 aromatic carbocycles. The quantitative estimate of drug-likeness (QED) is 0.146. The van der Waals surface area contributed by atoms with E-state index in [9.17, 15) is 14.7 Å². The summed E-state index contributed by atoms with van der Waals surface area (Å²) in [5.74, 6) is -1.53. The van der Waals surface area contributed by atoms with Gasteiger partial charge in [-0.3, -0.25) is 4.79 Å². The molecule has 0 rings (SSSR count). The SMILES string of the molecule is CCCCC/C=C\C/C=C\CCCC(=O)O[C@H](CC(=O)[O-])C[N+]([13CH3])([13CH3])[13CH3]. The Morgan fingerprint density at radius 2 is 1.62 bits per heavy atom. The van der Waals surface area contributed by atoms with Crippen LogP contribution in [0.5, 0.6) is 0 Å². The van der Waals surface area contributed by atoms with Crippen LogP contribution in [0.2, 0.25) is 0 Å². The summed E-state index contributed by atoms with van der Waals surface area (Å²) in [6, 6.07) is 0. The second kappa shape index (κ2) is 14.5. The molecule has 0 saturated heterocycles. The van der Waals surface area contributed by atoms with Gasteiger partial charge in [0.2, 0.25) is 0 Å². The zero-order chi connectivity index (χ0) is 19.8. The molecule has 0 aromatic rings. The first-order chi connectivity index (χ1) is 12.2. The third-order valence-electron chi connectivity index (χ3n) is 3.78. The van der Waals surface area contributed by atoms with Crippen LogP contribution in [0.3, 0.4) is 0 Å². The van der Waals surface area contributed by atoms with Crippen molar-refractivity contribution in [2.75, 3.05) is 27.7 Å². The summed E-state index contributed by atoms with van der Waals surface area (Å²) in [6.07, 6.45) is 15.4. The van der Waals surface area contributed by atoms with Crippen molar-refractivity contribution in [3.05, 3.63) is 24.3 Å². The minimum Gasteiger partial charge on any atom is -0.550 e. The van der Waals surface area contributed by atoms with E-state index in [0.29, 0.717) is 23.9 Å². The predicted molar refractivity (Wildman–Crippen MR) is 103 cm³/mol. The summed E-state index contributed by atoms with van der Waals surface area (Å²) in [6.45, 7) is 2.65. The van der Waals surface area contributed by atoms with Gasteiger partial charge in [0, 0.05) is 18.8 Å². The number of esters is 1. The Morgan fingerprint density at radius 3 is 2.15 bits per heavy atom. The molecule has 5 nitrogen and oxygen atoms in total. The van der Waals surface area contributed by atoms with Gasteiger partial charge in [-0.05, 0) is 32.1 Å². The molecule has 0 heterocycles. The number of carbonyl (C=O) groups excluding carboxylic acids is 2. The number of nitrogens with zero attached hydrogens (tertiary/aromatic N) is 1. The van der Waals surface area contributed by atoms with Crippen molar-refractivity contribution >= 4 is 11.9 Å². The Kier molecular flexibility index (Phi) is 13.6. The Hall–Kier alpha value is -1.62. The standard InChI is InChI=1S/C21H37NO4/c1-5-6-7-8-9-10-11-12-13-14-15-16-21(25)26-19(17-20(23)24)18-22(2,3)4/h9-10,12-13,19H,5-8,11,14-18H2,1-4H3/b10-9-,13-12-/t19-/m1/s1/i2+1,3+1,4+1. The minimum absolute atomic E-state index is 0.258. The second-order valence-corrected chi connectivity index (χ2v) is 7.73. The molecule has 0 amide bonds. The highest BCUT2D eigenvalue weighted by molar-refractivity contribution is 5.70. The van der Waals surface area contributed by atoms with Crippen LogP contribution in [0.25, 0.3) is 0 Å². The van der Waals surface area contributed by atoms with Crippen molar-refractivity contribution in [2.45, 2.75) is 70.8 Å². The third kappa shape index (κ3) is 17.2. The Bertz CT molecular complexity index is 449. The average Bonchev–Trinajstić information content (AvgIpc) is 2.50. The Balaban J connectivity index is 3.94. The maximum Gasteiger partial charge on any atom is 0.306 e. The van der Waals surface area contributed by atoms with Gasteiger partial charge in [0.25, 0.3) is 0 Å². The molecule has 1 atom stereocenters. The summed E-state index contributed by atoms with van der Waals surface area (Å²) in [4.78, 5) is 22.7. The van der Waals surface area contributed by atoms with E-state index in [-0.39, 0.29) is 12.4 Å². The largest absolute Gasteiger partial charge is 0.550 e. The molecule has 0 aromatic heterocycles. The molecule has 0 unspecified atom stereocenters. The molecule has 0 aliphatic rings. The van der Waals surface area contributed by atoms with E-state index < -0.39 is 12.1 Å². The van der Waals surface area contributed by atoms with Gasteiger partial charge in [-0.15, -0.1) is 0 Å². The lowest BCUT2D eigenvalue weighted by Gasteiger charge is -2.29. The molecule has 0 fully saturated rings. The van der Waals surface area contributed by atoms with Gasteiger partial charge in [0.05, 0.1) is 21.1 Å². The Labute approximate surface area is 159 Å². The minimum atomic E-state index is -1.19. The van der Waals surface area contributed by atoms with Gasteiger partial charge in [0.15, 0.2) is 6.10 Å². The number of quaternary nitrogens is 1. The van der Waals surface area contributed by atoms with Crippen molar-refractivity contribution in [1.29, 1.82) is 0 Å². The fourth-order valence-corrected chi connectivity index (χ4v) is 2.57. The normalized spacial score (nSPS) is 13.4. The molecular formula is C21H37NO4. The molecule has 150 valence electrons. The number of carbonyl (C=O) groups is 2. The number of carboxylic acid groups (broad SMARTS) is 1. The van der Waals surface area contributed by atoms with E-state index in [1.165, 1.54) is 19.3 Å². The van der Waals surface area contributed by atoms with Crippen molar-refractivity contribution < 1.29 is 23.9 Å². The highest BCUT2D eigenvalue weighted by Crippen LogP contribution is 2.08. The summed E-state index contributed by atoms with van der Waals surface area (Å²) >= 11 is 0. The van der Waals surface area contributed by atoms with Crippen molar-refractivity contribution in [3.8, 4) is 0 Å². The number of carboxylic acids is 1. The van der Waals surface area contributed by atoms with Crippen LogP contribution in [-0.2, 0) is 14.3 Å². The summed E-state index contributed by atoms with van der Waals surface area (Å²) in [5, 5.41) is 10.8. The molecule has 0 aliphatic heterocycles. The second-order valence-electron chi connectivity index (χ2n) is 7.73. The molecule has 0 aliphatic carbocycles. The van der Waals surface area contributed by atoms with Gasteiger partial charge in [-0.25, -0.2) is 0 Å². The van der Waals surface area contributed by atoms with Crippen LogP contribution in [0.15, 0.2) is 24.3 Å². The van der Waals surface area contributed by atoms with Crippen LogP contribution in [0.1, 0.15) is 64.7 Å². The molecule has 5 heteroatoms. The summed E-state index contributed by atoms with van der Waals surface area (Å²) in [7, 11) is 5.79. The lowest BCUT2D eigenvalue weighted by atomic mass is 10.2. The number of hydrogen-bond donors (Lipinski definition) is 0. The first kappa shape index (κ1) is 24.4. The average molecular weight is 371 g/mol. The van der Waals surface area contributed by atoms with Crippen LogP contribution < -0.4 is 5.11 Å². The topological polar surface area (TPSA) is 66.4 Å². The smallest absolute Gasteiger partial charge is 0.306 e. The highest BCUT2D eigenvalue weighted by atomic mass is 16.5. The van der Waals surface area contributed by atoms with Crippen LogP contribution in [-0.4, -0.2) is 50.2 Å². The van der Waals surface area contributed by atoms with Crippen LogP contribution in [0.4, 0.5) is 0 Å². The number of ether oxygens (including phenoxy) is 1. The maximum atomic E-state index is 11.9. The first-order valence-electron chi connectivity index (χ1n) is 9.74. The number of hydrogen-bond acceptors (Lipinski definition) is 4. The van der Waals surface area contributed by atoms with E-state index in [1.807, 2.05) is 21.1 Å². The van der Waals surface area contributed by atoms with Crippen LogP contribution >= 0.6 is 0 Å². The molecule has 0 saturated carbocycles. The van der Waals surface area contributed by atoms with Crippen molar-refractivity contribution in [2.24, 2.45) is 0 Å². The van der Waals surface area contributed by atoms with E-state index in [4.69, 9.17) is 4.74 Å². The van der Waals surface area contributed by atoms with Gasteiger partial charge in [-0.1, -0.05) is 44.1 Å². The van der Waals surface area contributed by atoms with Crippen molar-refractivity contribution in [1.82, 2.24) is 0 Å². The predicted octanol–water partition coefficient (Wildman–Crippen LogP) is 3.00. The zero-order valence-electron chi connectivity index (χ0n) is 17.0. The van der Waals surface area contributed by atoms with Gasteiger partial charge < -0.3 is 19.1 Å². The monoisotopic (exact) mass is 370 g/mol. The van der Waals surface area contributed by atoms with Crippen LogP contribution in [0, 0.1) is 0 Å². The molecule has 0 bridgehead atoms. The Morgan fingerprint density at radius 1 is 1.00 bits per heavy atom. The molecular weight excluding hydrogens is 333 g/mol. The lowest BCUT2D eigenvalue weighted by molar-refractivity contribution is -0.873. The van der Waals surface area contributed by atoms with Gasteiger partial charge in [0.1, 0.15) is 6.54 Å². The summed E-state index contributed by atoms with van der Waals surface area (Å²) < 4.78 is 5.85. The fourth-order valence-electron chi connectivity index (χ4n) is 2.57. The van der Waals surface area contributed by atoms with Gasteiger partial charge in [-0.2, -0.15) is 0 Å². The van der Waals surface area contributed by atoms with Crippen molar-refractivity contribution in [3.63, 3.8) is 0 Å². The first-order valence-corrected chi connectivity index (χ1v) is 9.74. The fraction of sp³-hybridized carbons (Fsp3) is 0.714. The van der Waals surface area contributed by atoms with E-state index in [0.717, 1.165) is 19.3 Å². The molecule has 0 radical (unpaired) electrons. The number of aliphatic carboxylic acids is 1. The molecule has 0 spiro atoms. The molecule has 0 N–H and O–H groups in total. The van der Waals surface area contributed by atoms with E-state index >= 15 is 0 Å². The van der Waals surface area contributed by atoms with E-state index in [1.54, 1.807) is 0 Å². The van der Waals surface area contributed by atoms with E-state index in [2.05, 4.69) is 31.2 Å². The maximum absolute atomic E-state index is 11.9.